The fourth-order valence-corrected chi connectivity index (χ4v) is 5.74. The number of ether oxygens (including phenoxy) is 2. The van der Waals surface area contributed by atoms with E-state index in [-0.39, 0.29) is 24.2 Å². The number of nitrogens with zero attached hydrogens (tertiary/aromatic N) is 5. The van der Waals surface area contributed by atoms with Crippen LogP contribution in [0.3, 0.4) is 0 Å². The number of hydrogen-bond acceptors (Lipinski definition) is 7. The third kappa shape index (κ3) is 8.22. The van der Waals surface area contributed by atoms with Crippen LogP contribution in [0.1, 0.15) is 38.6 Å². The van der Waals surface area contributed by atoms with Gasteiger partial charge in [-0.15, -0.1) is 0 Å². The van der Waals surface area contributed by atoms with Crippen LogP contribution in [-0.2, 0) is 17.9 Å². The van der Waals surface area contributed by atoms with E-state index in [9.17, 15) is 9.59 Å². The molecule has 0 atom stereocenters. The van der Waals surface area contributed by atoms with Crippen molar-refractivity contribution in [3.63, 3.8) is 0 Å². The Kier molecular flexibility index (Phi) is 10.8. The summed E-state index contributed by atoms with van der Waals surface area (Å²) in [6.07, 6.45) is 0.990. The average Bonchev–Trinajstić information content (AvgIpc) is 3.02. The third-order valence-corrected chi connectivity index (χ3v) is 8.05. The fourth-order valence-electron chi connectivity index (χ4n) is 5.62. The van der Waals surface area contributed by atoms with E-state index in [0.717, 1.165) is 25.1 Å². The minimum Gasteiger partial charge on any atom is -0.489 e. The lowest BCUT2D eigenvalue weighted by molar-refractivity contribution is -0.135. The molecule has 0 N–H and O–H groups in total. The van der Waals surface area contributed by atoms with Crippen LogP contribution in [0.25, 0.3) is 16.6 Å². The molecule has 0 radical (unpaired) electrons. The molecule has 1 aliphatic heterocycles. The van der Waals surface area contributed by atoms with Crippen LogP contribution in [0.5, 0.6) is 11.5 Å². The Hall–Kier alpha value is -3.92. The molecule has 0 spiro atoms. The van der Waals surface area contributed by atoms with Crippen LogP contribution in [0.15, 0.2) is 71.5 Å². The van der Waals surface area contributed by atoms with Crippen molar-refractivity contribution in [1.29, 1.82) is 0 Å². The summed E-state index contributed by atoms with van der Waals surface area (Å²) in [5.74, 6) is 1.82. The Labute approximate surface area is 269 Å². The Morgan fingerprint density at radius 1 is 1.02 bits per heavy atom. The van der Waals surface area contributed by atoms with Crippen molar-refractivity contribution in [2.24, 2.45) is 0 Å². The highest BCUT2D eigenvalue weighted by Gasteiger charge is 2.25. The molecule has 0 unspecified atom stereocenters. The van der Waals surface area contributed by atoms with Gasteiger partial charge >= 0.3 is 0 Å². The number of amides is 1. The summed E-state index contributed by atoms with van der Waals surface area (Å²) in [4.78, 5) is 38.4. The van der Waals surface area contributed by atoms with E-state index in [1.165, 1.54) is 0 Å². The molecule has 238 valence electrons. The topological polar surface area (TPSA) is 80.1 Å². The molecule has 10 heteroatoms. The zero-order valence-corrected chi connectivity index (χ0v) is 27.3. The first-order valence-electron chi connectivity index (χ1n) is 15.6. The number of hydrogen-bond donors (Lipinski definition) is 0. The van der Waals surface area contributed by atoms with Crippen molar-refractivity contribution >= 4 is 28.4 Å². The summed E-state index contributed by atoms with van der Waals surface area (Å²) in [5.41, 5.74) is 2.32. The maximum Gasteiger partial charge on any atom is 0.266 e. The van der Waals surface area contributed by atoms with Gasteiger partial charge in [-0.05, 0) is 88.0 Å². The molecule has 1 aliphatic rings. The van der Waals surface area contributed by atoms with Crippen molar-refractivity contribution < 1.29 is 14.3 Å². The molecular weight excluding hydrogens is 590 g/mol. The van der Waals surface area contributed by atoms with E-state index in [1.807, 2.05) is 49.1 Å². The van der Waals surface area contributed by atoms with Gasteiger partial charge in [0.25, 0.3) is 11.5 Å². The first-order chi connectivity index (χ1) is 21.7. The largest absolute Gasteiger partial charge is 0.489 e. The zero-order chi connectivity index (χ0) is 31.9. The molecule has 0 bridgehead atoms. The second-order valence-corrected chi connectivity index (χ2v) is 12.2. The summed E-state index contributed by atoms with van der Waals surface area (Å²) >= 11 is 5.95. The van der Waals surface area contributed by atoms with E-state index >= 15 is 0 Å². The van der Waals surface area contributed by atoms with Gasteiger partial charge in [-0.2, -0.15) is 0 Å². The van der Waals surface area contributed by atoms with Crippen LogP contribution in [-0.4, -0.2) is 82.6 Å². The Morgan fingerprint density at radius 2 is 1.76 bits per heavy atom. The number of piperazine rings is 1. The lowest BCUT2D eigenvalue weighted by Gasteiger charge is -2.34. The van der Waals surface area contributed by atoms with Crippen LogP contribution in [0, 0.1) is 0 Å². The highest BCUT2D eigenvalue weighted by molar-refractivity contribution is 6.30. The Bertz CT molecular complexity index is 1670. The predicted molar refractivity (Wildman–Crippen MR) is 179 cm³/mol. The summed E-state index contributed by atoms with van der Waals surface area (Å²) in [6.45, 7) is 10.7. The number of carbonyl (C=O) groups is 1. The van der Waals surface area contributed by atoms with Gasteiger partial charge in [0.2, 0.25) is 0 Å². The molecule has 1 amide bonds. The number of rotatable bonds is 12. The van der Waals surface area contributed by atoms with E-state index in [1.54, 1.807) is 28.8 Å². The molecule has 9 nitrogen and oxygen atoms in total. The molecule has 5 rings (SSSR count). The molecule has 0 saturated carbocycles. The second-order valence-electron chi connectivity index (χ2n) is 11.8. The first kappa shape index (κ1) is 32.5. The molecule has 4 aromatic rings. The summed E-state index contributed by atoms with van der Waals surface area (Å²) < 4.78 is 13.6. The van der Waals surface area contributed by atoms with Crippen molar-refractivity contribution in [2.75, 3.05) is 46.4 Å². The fraction of sp³-hybridized carbons (Fsp3) is 0.400. The number of benzene rings is 3. The molecular formula is C35H42ClN5O4. The van der Waals surface area contributed by atoms with Gasteiger partial charge in [0.05, 0.1) is 29.2 Å². The number of carbonyl (C=O) groups excluding carboxylic acids is 1. The minimum absolute atomic E-state index is 0.0319. The summed E-state index contributed by atoms with van der Waals surface area (Å²) in [7, 11) is 2.10. The van der Waals surface area contributed by atoms with Gasteiger partial charge in [0, 0.05) is 37.7 Å². The van der Waals surface area contributed by atoms with E-state index < -0.39 is 0 Å². The van der Waals surface area contributed by atoms with Crippen LogP contribution in [0.4, 0.5) is 0 Å². The van der Waals surface area contributed by atoms with Crippen LogP contribution in [0.2, 0.25) is 5.02 Å². The maximum absolute atomic E-state index is 14.2. The van der Waals surface area contributed by atoms with E-state index in [4.69, 9.17) is 26.1 Å². The Balaban J connectivity index is 1.40. The van der Waals surface area contributed by atoms with Crippen LogP contribution >= 0.6 is 11.6 Å². The van der Waals surface area contributed by atoms with Gasteiger partial charge < -0.3 is 19.3 Å². The number of para-hydroxylation sites is 1. The molecule has 2 heterocycles. The standard InChI is InChI=1S/C35H42ClN5O4/c1-5-16-38(4)22-26-10-15-32(45-25(2)3)31(21-26)41-33(37-30-9-7-6-8-29(30)35(41)43)23-39-17-19-40(20-18-39)34(42)24-44-28-13-11-27(36)12-14-28/h6-15,21,25H,5,16-20,22-24H2,1-4H3. The Morgan fingerprint density at radius 3 is 2.47 bits per heavy atom. The van der Waals surface area contributed by atoms with Crippen molar-refractivity contribution in [2.45, 2.75) is 46.4 Å². The monoisotopic (exact) mass is 631 g/mol. The predicted octanol–water partition coefficient (Wildman–Crippen LogP) is 5.39. The first-order valence-corrected chi connectivity index (χ1v) is 16.0. The lowest BCUT2D eigenvalue weighted by atomic mass is 10.1. The molecule has 45 heavy (non-hydrogen) atoms. The van der Waals surface area contributed by atoms with Gasteiger partial charge in [-0.3, -0.25) is 19.1 Å². The molecule has 1 fully saturated rings. The highest BCUT2D eigenvalue weighted by atomic mass is 35.5. The van der Waals surface area contributed by atoms with Gasteiger partial charge in [0.15, 0.2) is 6.61 Å². The third-order valence-electron chi connectivity index (χ3n) is 7.80. The molecule has 1 aromatic heterocycles. The molecule has 3 aromatic carbocycles. The van der Waals surface area contributed by atoms with Crippen LogP contribution < -0.4 is 15.0 Å². The van der Waals surface area contributed by atoms with Crippen molar-refractivity contribution in [1.82, 2.24) is 24.3 Å². The normalized spacial score (nSPS) is 14.0. The van der Waals surface area contributed by atoms with Gasteiger partial charge in [0.1, 0.15) is 17.3 Å². The smallest absolute Gasteiger partial charge is 0.266 e. The van der Waals surface area contributed by atoms with E-state index in [0.29, 0.717) is 71.7 Å². The van der Waals surface area contributed by atoms with E-state index in [2.05, 4.69) is 35.9 Å². The number of fused-ring (bicyclic) bond motifs is 1. The van der Waals surface area contributed by atoms with Gasteiger partial charge in [-0.25, -0.2) is 4.98 Å². The van der Waals surface area contributed by atoms with Crippen molar-refractivity contribution in [3.8, 4) is 17.2 Å². The number of halogens is 1. The summed E-state index contributed by atoms with van der Waals surface area (Å²) in [6, 6.07) is 20.5. The zero-order valence-electron chi connectivity index (χ0n) is 26.5. The maximum atomic E-state index is 14.2. The highest BCUT2D eigenvalue weighted by Crippen LogP contribution is 2.28. The van der Waals surface area contributed by atoms with Crippen molar-refractivity contribution in [3.05, 3.63) is 93.5 Å². The second kappa shape index (κ2) is 14.9. The SMILES string of the molecule is CCCN(C)Cc1ccc(OC(C)C)c(-n2c(CN3CCN(C(=O)COc4ccc(Cl)cc4)CC3)nc3ccccc3c2=O)c1. The molecule has 1 saturated heterocycles. The van der Waals surface area contributed by atoms with Gasteiger partial charge in [-0.1, -0.05) is 36.7 Å². The number of aromatic nitrogens is 2. The minimum atomic E-state index is -0.128. The average molecular weight is 632 g/mol. The lowest BCUT2D eigenvalue weighted by Crippen LogP contribution is -2.50. The molecule has 0 aliphatic carbocycles. The summed E-state index contributed by atoms with van der Waals surface area (Å²) in [5, 5.41) is 1.17. The quantitative estimate of drug-likeness (QED) is 0.207.